The van der Waals surface area contributed by atoms with Crippen LogP contribution in [0.25, 0.3) is 0 Å². The van der Waals surface area contributed by atoms with Crippen LogP contribution in [-0.2, 0) is 9.84 Å². The van der Waals surface area contributed by atoms with Crippen LogP contribution in [0.3, 0.4) is 0 Å². The van der Waals surface area contributed by atoms with Crippen molar-refractivity contribution < 1.29 is 8.42 Å². The van der Waals surface area contributed by atoms with E-state index in [1.807, 2.05) is 4.90 Å². The molecule has 94 valence electrons. The molecule has 0 aliphatic carbocycles. The van der Waals surface area contributed by atoms with Gasteiger partial charge in [0.15, 0.2) is 15.7 Å². The van der Waals surface area contributed by atoms with Gasteiger partial charge in [0.05, 0.1) is 22.2 Å². The smallest absolute Gasteiger partial charge is 0.152 e. The number of halogens is 1. The van der Waals surface area contributed by atoms with Crippen LogP contribution in [0, 0.1) is 0 Å². The molecule has 1 fully saturated rings. The summed E-state index contributed by atoms with van der Waals surface area (Å²) < 4.78 is 23.0. The zero-order valence-electron chi connectivity index (χ0n) is 9.26. The highest BCUT2D eigenvalue weighted by Crippen LogP contribution is 2.24. The molecule has 2 heterocycles. The first-order chi connectivity index (χ1) is 7.98. The molecule has 0 radical (unpaired) electrons. The number of sulfone groups is 1. The summed E-state index contributed by atoms with van der Waals surface area (Å²) in [5.74, 6) is 1.000. The van der Waals surface area contributed by atoms with Crippen molar-refractivity contribution in [1.29, 1.82) is 0 Å². The standard InChI is InChI=1S/C10H14ClN3O2S/c11-8-6-9(12)10(13-7-8)14-2-1-4-17(15,16)5-3-14/h6-7H,1-5,12H2. The van der Waals surface area contributed by atoms with Gasteiger partial charge in [-0.25, -0.2) is 13.4 Å². The first-order valence-electron chi connectivity index (χ1n) is 5.34. The van der Waals surface area contributed by atoms with Crippen molar-refractivity contribution in [2.75, 3.05) is 35.2 Å². The maximum Gasteiger partial charge on any atom is 0.152 e. The molecular weight excluding hydrogens is 262 g/mol. The summed E-state index contributed by atoms with van der Waals surface area (Å²) in [5.41, 5.74) is 6.32. The molecule has 1 aromatic heterocycles. The van der Waals surface area contributed by atoms with Gasteiger partial charge in [-0.05, 0) is 12.5 Å². The SMILES string of the molecule is Nc1cc(Cl)cnc1N1CCCS(=O)(=O)CC1. The molecule has 0 amide bonds. The van der Waals surface area contributed by atoms with Crippen LogP contribution >= 0.6 is 11.6 Å². The molecule has 17 heavy (non-hydrogen) atoms. The van der Waals surface area contributed by atoms with Crippen molar-refractivity contribution in [1.82, 2.24) is 4.98 Å². The van der Waals surface area contributed by atoms with Crippen molar-refractivity contribution in [2.45, 2.75) is 6.42 Å². The van der Waals surface area contributed by atoms with Gasteiger partial charge >= 0.3 is 0 Å². The number of hydrogen-bond donors (Lipinski definition) is 1. The van der Waals surface area contributed by atoms with Crippen LogP contribution in [0.2, 0.25) is 5.02 Å². The van der Waals surface area contributed by atoms with E-state index in [0.717, 1.165) is 0 Å². The van der Waals surface area contributed by atoms with Gasteiger partial charge < -0.3 is 10.6 Å². The lowest BCUT2D eigenvalue weighted by molar-refractivity contribution is 0.597. The van der Waals surface area contributed by atoms with E-state index in [4.69, 9.17) is 17.3 Å². The largest absolute Gasteiger partial charge is 0.396 e. The van der Waals surface area contributed by atoms with E-state index < -0.39 is 9.84 Å². The van der Waals surface area contributed by atoms with Crippen LogP contribution in [0.15, 0.2) is 12.3 Å². The average molecular weight is 276 g/mol. The molecule has 1 aromatic rings. The summed E-state index contributed by atoms with van der Waals surface area (Å²) >= 11 is 5.78. The molecule has 1 saturated heterocycles. The van der Waals surface area contributed by atoms with E-state index >= 15 is 0 Å². The first-order valence-corrected chi connectivity index (χ1v) is 7.54. The lowest BCUT2D eigenvalue weighted by Crippen LogP contribution is -2.28. The molecule has 0 spiro atoms. The van der Waals surface area contributed by atoms with Crippen molar-refractivity contribution >= 4 is 32.9 Å². The van der Waals surface area contributed by atoms with Gasteiger partial charge in [0.25, 0.3) is 0 Å². The topological polar surface area (TPSA) is 76.3 Å². The van der Waals surface area contributed by atoms with Crippen molar-refractivity contribution in [3.8, 4) is 0 Å². The fourth-order valence-corrected chi connectivity index (χ4v) is 3.30. The highest BCUT2D eigenvalue weighted by Gasteiger charge is 2.21. The first kappa shape index (κ1) is 12.4. The Balaban J connectivity index is 2.23. The maximum absolute atomic E-state index is 11.5. The monoisotopic (exact) mass is 275 g/mol. The zero-order chi connectivity index (χ0) is 12.5. The summed E-state index contributed by atoms with van der Waals surface area (Å²) in [4.78, 5) is 6.06. The van der Waals surface area contributed by atoms with Crippen LogP contribution in [0.5, 0.6) is 0 Å². The highest BCUT2D eigenvalue weighted by molar-refractivity contribution is 7.91. The Labute approximate surface area is 105 Å². The second-order valence-electron chi connectivity index (χ2n) is 4.06. The number of pyridine rings is 1. The third-order valence-corrected chi connectivity index (χ3v) is 4.64. The molecule has 1 aliphatic heterocycles. The number of nitrogens with zero attached hydrogens (tertiary/aromatic N) is 2. The highest BCUT2D eigenvalue weighted by atomic mass is 35.5. The normalized spacial score (nSPS) is 19.9. The fourth-order valence-electron chi connectivity index (χ4n) is 1.86. The molecule has 0 aromatic carbocycles. The molecule has 7 heteroatoms. The summed E-state index contributed by atoms with van der Waals surface area (Å²) in [6.07, 6.45) is 2.12. The lowest BCUT2D eigenvalue weighted by Gasteiger charge is -2.22. The Morgan fingerprint density at radius 3 is 2.82 bits per heavy atom. The number of rotatable bonds is 1. The van der Waals surface area contributed by atoms with Gasteiger partial charge in [-0.2, -0.15) is 0 Å². The minimum absolute atomic E-state index is 0.150. The van der Waals surface area contributed by atoms with Gasteiger partial charge in [-0.3, -0.25) is 0 Å². The van der Waals surface area contributed by atoms with Crippen molar-refractivity contribution in [3.63, 3.8) is 0 Å². The predicted octanol–water partition coefficient (Wildman–Crippen LogP) is 0.942. The average Bonchev–Trinajstić information content (AvgIpc) is 2.40. The van der Waals surface area contributed by atoms with E-state index in [-0.39, 0.29) is 11.5 Å². The maximum atomic E-state index is 11.5. The summed E-state index contributed by atoms with van der Waals surface area (Å²) in [6.45, 7) is 1.08. The molecule has 2 N–H and O–H groups in total. The van der Waals surface area contributed by atoms with Crippen LogP contribution < -0.4 is 10.6 Å². The molecule has 2 rings (SSSR count). The molecule has 0 saturated carbocycles. The van der Waals surface area contributed by atoms with Crippen LogP contribution in [0.1, 0.15) is 6.42 Å². The molecule has 0 unspecified atom stereocenters. The van der Waals surface area contributed by atoms with Gasteiger partial charge in [0, 0.05) is 19.3 Å². The number of nitrogen functional groups attached to an aromatic ring is 1. The summed E-state index contributed by atoms with van der Waals surface area (Å²) in [5, 5.41) is 0.480. The predicted molar refractivity (Wildman–Crippen MR) is 69.1 cm³/mol. The van der Waals surface area contributed by atoms with Gasteiger partial charge in [-0.1, -0.05) is 11.6 Å². The lowest BCUT2D eigenvalue weighted by atomic mass is 10.3. The quantitative estimate of drug-likeness (QED) is 0.825. The Kier molecular flexibility index (Phi) is 3.44. The van der Waals surface area contributed by atoms with Gasteiger partial charge in [0.1, 0.15) is 0 Å². The Morgan fingerprint density at radius 1 is 1.35 bits per heavy atom. The summed E-state index contributed by atoms with van der Waals surface area (Å²) in [7, 11) is -2.92. The minimum atomic E-state index is -2.92. The third kappa shape index (κ3) is 3.01. The minimum Gasteiger partial charge on any atom is -0.396 e. The fraction of sp³-hybridized carbons (Fsp3) is 0.500. The van der Waals surface area contributed by atoms with Crippen LogP contribution in [0.4, 0.5) is 11.5 Å². The van der Waals surface area contributed by atoms with E-state index in [0.29, 0.717) is 36.0 Å². The number of aromatic nitrogens is 1. The van der Waals surface area contributed by atoms with Crippen LogP contribution in [-0.4, -0.2) is 38.0 Å². The van der Waals surface area contributed by atoms with E-state index in [2.05, 4.69) is 4.98 Å². The molecule has 5 nitrogen and oxygen atoms in total. The molecular formula is C10H14ClN3O2S. The Bertz CT molecular complexity index is 518. The summed E-state index contributed by atoms with van der Waals surface area (Å²) in [6, 6.07) is 1.63. The Morgan fingerprint density at radius 2 is 2.12 bits per heavy atom. The zero-order valence-corrected chi connectivity index (χ0v) is 10.8. The van der Waals surface area contributed by atoms with Crippen molar-refractivity contribution in [3.05, 3.63) is 17.3 Å². The van der Waals surface area contributed by atoms with E-state index in [9.17, 15) is 8.42 Å². The second kappa shape index (κ2) is 4.70. The van der Waals surface area contributed by atoms with Gasteiger partial charge in [0.2, 0.25) is 0 Å². The van der Waals surface area contributed by atoms with E-state index in [1.165, 1.54) is 6.20 Å². The molecule has 0 atom stereocenters. The Hall–Kier alpha value is -1.01. The molecule has 1 aliphatic rings. The number of anilines is 2. The van der Waals surface area contributed by atoms with Crippen molar-refractivity contribution in [2.24, 2.45) is 0 Å². The third-order valence-electron chi connectivity index (χ3n) is 2.72. The molecule has 0 bridgehead atoms. The van der Waals surface area contributed by atoms with Gasteiger partial charge in [-0.15, -0.1) is 0 Å². The van der Waals surface area contributed by atoms with E-state index in [1.54, 1.807) is 6.07 Å². The number of hydrogen-bond acceptors (Lipinski definition) is 5. The number of nitrogens with two attached hydrogens (primary N) is 1. The second-order valence-corrected chi connectivity index (χ2v) is 6.80.